The molecule has 2 aromatic carbocycles. The summed E-state index contributed by atoms with van der Waals surface area (Å²) in [6.45, 7) is 2.66. The minimum Gasteiger partial charge on any atom is -0.487 e. The van der Waals surface area contributed by atoms with Crippen molar-refractivity contribution in [3.63, 3.8) is 0 Å². The van der Waals surface area contributed by atoms with Crippen LogP contribution in [0.2, 0.25) is 0 Å². The molecule has 1 heterocycles. The van der Waals surface area contributed by atoms with Gasteiger partial charge in [0.2, 0.25) is 0 Å². The van der Waals surface area contributed by atoms with E-state index in [0.29, 0.717) is 10.3 Å². The van der Waals surface area contributed by atoms with E-state index in [1.807, 2.05) is 11.4 Å². The molecule has 9 heteroatoms. The van der Waals surface area contributed by atoms with E-state index in [2.05, 4.69) is 5.32 Å². The number of thiophene rings is 1. The fourth-order valence-corrected chi connectivity index (χ4v) is 3.58. The number of carboxylic acids is 1. The van der Waals surface area contributed by atoms with Crippen molar-refractivity contribution in [2.24, 2.45) is 0 Å². The molecular weight excluding hydrogens is 419 g/mol. The summed E-state index contributed by atoms with van der Waals surface area (Å²) in [5.41, 5.74) is -1.62. The average Bonchev–Trinajstić information content (AvgIpc) is 3.14. The van der Waals surface area contributed by atoms with Gasteiger partial charge in [-0.1, -0.05) is 18.2 Å². The minimum atomic E-state index is -4.43. The standard InChI is InChI=1S/C21H18F3NO4S/c1-20(2,19(27)28)25-18(26)15-8-5-13-9-10-30-17(13)16(15)29-11-12-3-6-14(7-4-12)21(22,23)24/h3-10H,11H2,1-2H3,(H,25,26)(H,27,28). The number of hydrogen-bond donors (Lipinski definition) is 2. The molecule has 1 aromatic heterocycles. The zero-order chi connectivity index (χ0) is 22.1. The Balaban J connectivity index is 1.89. The molecule has 30 heavy (non-hydrogen) atoms. The monoisotopic (exact) mass is 437 g/mol. The number of carbonyl (C=O) groups excluding carboxylic acids is 1. The number of rotatable bonds is 6. The number of amides is 1. The number of carboxylic acid groups (broad SMARTS) is 1. The molecule has 0 saturated carbocycles. The number of aliphatic carboxylic acids is 1. The highest BCUT2D eigenvalue weighted by Gasteiger charge is 2.31. The summed E-state index contributed by atoms with van der Waals surface area (Å²) < 4.78 is 44.7. The highest BCUT2D eigenvalue weighted by atomic mass is 32.1. The third-order valence-corrected chi connectivity index (χ3v) is 5.37. The molecule has 0 unspecified atom stereocenters. The molecule has 5 nitrogen and oxygen atoms in total. The van der Waals surface area contributed by atoms with Gasteiger partial charge in [0.1, 0.15) is 17.9 Å². The first kappa shape index (κ1) is 21.6. The van der Waals surface area contributed by atoms with Crippen LogP contribution in [0, 0.1) is 0 Å². The maximum absolute atomic E-state index is 12.7. The van der Waals surface area contributed by atoms with E-state index in [4.69, 9.17) is 4.74 Å². The molecule has 2 N–H and O–H groups in total. The summed E-state index contributed by atoms with van der Waals surface area (Å²) in [5.74, 6) is -1.57. The van der Waals surface area contributed by atoms with E-state index >= 15 is 0 Å². The predicted octanol–water partition coefficient (Wildman–Crippen LogP) is 5.09. The Kier molecular flexibility index (Phi) is 5.76. The van der Waals surface area contributed by atoms with E-state index in [1.165, 1.54) is 43.4 Å². The molecule has 0 aliphatic rings. The Morgan fingerprint density at radius 2 is 1.73 bits per heavy atom. The molecule has 0 bridgehead atoms. The third kappa shape index (κ3) is 4.56. The summed E-state index contributed by atoms with van der Waals surface area (Å²) in [6.07, 6.45) is -4.43. The molecular formula is C21H18F3NO4S. The lowest BCUT2D eigenvalue weighted by Gasteiger charge is -2.22. The first-order valence-electron chi connectivity index (χ1n) is 8.84. The van der Waals surface area contributed by atoms with Gasteiger partial charge < -0.3 is 15.2 Å². The van der Waals surface area contributed by atoms with E-state index in [-0.39, 0.29) is 17.9 Å². The lowest BCUT2D eigenvalue weighted by Crippen LogP contribution is -2.49. The molecule has 0 fully saturated rings. The Morgan fingerprint density at radius 3 is 2.33 bits per heavy atom. The Labute approximate surface area is 174 Å². The number of ether oxygens (including phenoxy) is 1. The van der Waals surface area contributed by atoms with Crippen molar-refractivity contribution in [1.82, 2.24) is 5.32 Å². The van der Waals surface area contributed by atoms with Crippen LogP contribution in [0.25, 0.3) is 10.1 Å². The highest BCUT2D eigenvalue weighted by molar-refractivity contribution is 7.17. The van der Waals surface area contributed by atoms with Crippen LogP contribution in [0.3, 0.4) is 0 Å². The number of hydrogen-bond acceptors (Lipinski definition) is 4. The van der Waals surface area contributed by atoms with Gasteiger partial charge in [0.05, 0.1) is 15.8 Å². The van der Waals surface area contributed by atoms with Crippen molar-refractivity contribution in [1.29, 1.82) is 0 Å². The molecule has 0 aliphatic heterocycles. The summed E-state index contributed by atoms with van der Waals surface area (Å²) in [6, 6.07) is 9.65. The number of halogens is 3. The number of fused-ring (bicyclic) bond motifs is 1. The van der Waals surface area contributed by atoms with Gasteiger partial charge in [-0.05, 0) is 54.4 Å². The molecule has 0 saturated heterocycles. The molecule has 0 spiro atoms. The number of alkyl halides is 3. The van der Waals surface area contributed by atoms with Crippen molar-refractivity contribution in [3.8, 4) is 5.75 Å². The van der Waals surface area contributed by atoms with Crippen molar-refractivity contribution in [3.05, 3.63) is 64.5 Å². The van der Waals surface area contributed by atoms with E-state index < -0.39 is 29.2 Å². The summed E-state index contributed by atoms with van der Waals surface area (Å²) in [4.78, 5) is 24.1. The van der Waals surface area contributed by atoms with Gasteiger partial charge in [0.25, 0.3) is 5.91 Å². The van der Waals surface area contributed by atoms with Crippen LogP contribution in [-0.4, -0.2) is 22.5 Å². The number of nitrogens with one attached hydrogen (secondary N) is 1. The van der Waals surface area contributed by atoms with Crippen molar-refractivity contribution < 1.29 is 32.6 Å². The first-order chi connectivity index (χ1) is 14.0. The Bertz CT molecular complexity index is 1090. The van der Waals surface area contributed by atoms with Crippen LogP contribution in [0.15, 0.2) is 47.8 Å². The Morgan fingerprint density at radius 1 is 1.07 bits per heavy atom. The second-order valence-corrected chi connectivity index (χ2v) is 8.06. The van der Waals surface area contributed by atoms with E-state index in [0.717, 1.165) is 17.5 Å². The number of benzene rings is 2. The minimum absolute atomic E-state index is 0.0578. The zero-order valence-corrected chi connectivity index (χ0v) is 16.9. The smallest absolute Gasteiger partial charge is 0.416 e. The third-order valence-electron chi connectivity index (χ3n) is 4.45. The Hall–Kier alpha value is -3.07. The fraction of sp³-hybridized carbons (Fsp3) is 0.238. The van der Waals surface area contributed by atoms with Crippen molar-refractivity contribution >= 4 is 33.3 Å². The van der Waals surface area contributed by atoms with Gasteiger partial charge in [-0.3, -0.25) is 4.79 Å². The van der Waals surface area contributed by atoms with Gasteiger partial charge >= 0.3 is 12.1 Å². The fourth-order valence-electron chi connectivity index (χ4n) is 2.68. The lowest BCUT2D eigenvalue weighted by atomic mass is 10.0. The number of carbonyl (C=O) groups is 2. The summed E-state index contributed by atoms with van der Waals surface area (Å²) in [5, 5.41) is 14.4. The topological polar surface area (TPSA) is 75.6 Å². The van der Waals surface area contributed by atoms with Gasteiger partial charge in [-0.25, -0.2) is 4.79 Å². The normalized spacial score (nSPS) is 12.0. The summed E-state index contributed by atoms with van der Waals surface area (Å²) in [7, 11) is 0. The highest BCUT2D eigenvalue weighted by Crippen LogP contribution is 2.35. The van der Waals surface area contributed by atoms with Crippen LogP contribution in [-0.2, 0) is 17.6 Å². The van der Waals surface area contributed by atoms with Crippen LogP contribution in [0.4, 0.5) is 13.2 Å². The predicted molar refractivity (Wildman–Crippen MR) is 107 cm³/mol. The van der Waals surface area contributed by atoms with Crippen molar-refractivity contribution in [2.45, 2.75) is 32.2 Å². The van der Waals surface area contributed by atoms with E-state index in [9.17, 15) is 27.9 Å². The largest absolute Gasteiger partial charge is 0.487 e. The van der Waals surface area contributed by atoms with Crippen molar-refractivity contribution in [2.75, 3.05) is 0 Å². The van der Waals surface area contributed by atoms with Crippen LogP contribution >= 0.6 is 11.3 Å². The molecule has 3 rings (SSSR count). The van der Waals surface area contributed by atoms with Gasteiger partial charge in [-0.2, -0.15) is 13.2 Å². The molecule has 0 aliphatic carbocycles. The maximum Gasteiger partial charge on any atom is 0.416 e. The van der Waals surface area contributed by atoms with Gasteiger partial charge in [0.15, 0.2) is 0 Å². The SMILES string of the molecule is CC(C)(NC(=O)c1ccc2ccsc2c1OCc1ccc(C(F)(F)F)cc1)C(=O)O. The average molecular weight is 437 g/mol. The summed E-state index contributed by atoms with van der Waals surface area (Å²) >= 11 is 1.34. The zero-order valence-electron chi connectivity index (χ0n) is 16.0. The second-order valence-electron chi connectivity index (χ2n) is 7.15. The molecule has 0 atom stereocenters. The maximum atomic E-state index is 12.7. The molecule has 0 radical (unpaired) electrons. The van der Waals surface area contributed by atoms with Crippen LogP contribution < -0.4 is 10.1 Å². The molecule has 158 valence electrons. The van der Waals surface area contributed by atoms with Gasteiger partial charge in [0, 0.05) is 0 Å². The van der Waals surface area contributed by atoms with Crippen LogP contribution in [0.1, 0.15) is 35.3 Å². The molecule has 3 aromatic rings. The second kappa shape index (κ2) is 7.98. The molecule has 1 amide bonds. The van der Waals surface area contributed by atoms with Gasteiger partial charge in [-0.15, -0.1) is 11.3 Å². The quantitative estimate of drug-likeness (QED) is 0.563. The van der Waals surface area contributed by atoms with E-state index in [1.54, 1.807) is 6.07 Å². The lowest BCUT2D eigenvalue weighted by molar-refractivity contribution is -0.143. The first-order valence-corrected chi connectivity index (χ1v) is 9.72. The van der Waals surface area contributed by atoms with Crippen LogP contribution in [0.5, 0.6) is 5.75 Å².